The molecule has 4 nitrogen and oxygen atoms in total. The number of fused-ring (bicyclic) bond motifs is 2. The molecule has 32 heavy (non-hydrogen) atoms. The molecule has 0 aromatic heterocycles. The second-order valence-corrected chi connectivity index (χ2v) is 7.40. The lowest BCUT2D eigenvalue weighted by molar-refractivity contribution is 0.110. The summed E-state index contributed by atoms with van der Waals surface area (Å²) in [5.74, 6) is 9.15. The van der Waals surface area contributed by atoms with Crippen molar-refractivity contribution < 1.29 is 20.4 Å². The standard InChI is InChI=1S/2C14H10O2/c2*1-3-13(15)9-10-14(16,4-2)12-8-6-5-7-11(12)13/h2*1-2,5-10,15-16H/t2*13-,14-/m10/s1. The summed E-state index contributed by atoms with van der Waals surface area (Å²) in [6.45, 7) is 0. The maximum absolute atomic E-state index is 10.2. The Kier molecular flexibility index (Phi) is 5.61. The van der Waals surface area contributed by atoms with E-state index in [1.165, 1.54) is 24.3 Å². The maximum atomic E-state index is 10.2. The highest BCUT2D eigenvalue weighted by molar-refractivity contribution is 5.54. The molecule has 2 aromatic rings. The molecule has 2 aromatic carbocycles. The molecule has 0 heterocycles. The van der Waals surface area contributed by atoms with Gasteiger partial charge >= 0.3 is 0 Å². The highest BCUT2D eigenvalue weighted by Crippen LogP contribution is 2.39. The lowest BCUT2D eigenvalue weighted by atomic mass is 9.77. The second kappa shape index (κ2) is 7.92. The van der Waals surface area contributed by atoms with Gasteiger partial charge in [0.05, 0.1) is 0 Å². The second-order valence-electron chi connectivity index (χ2n) is 7.40. The van der Waals surface area contributed by atoms with Crippen LogP contribution in [0.25, 0.3) is 0 Å². The van der Waals surface area contributed by atoms with E-state index in [2.05, 4.69) is 23.7 Å². The van der Waals surface area contributed by atoms with Crippen LogP contribution in [-0.2, 0) is 22.4 Å². The molecule has 0 spiro atoms. The van der Waals surface area contributed by atoms with Gasteiger partial charge in [0.2, 0.25) is 0 Å². The first-order chi connectivity index (χ1) is 15.1. The first kappa shape index (κ1) is 22.7. The maximum Gasteiger partial charge on any atom is 0.170 e. The van der Waals surface area contributed by atoms with Gasteiger partial charge in [-0.25, -0.2) is 0 Å². The number of aliphatic hydroxyl groups is 4. The molecular formula is C28H20O4. The van der Waals surface area contributed by atoms with Gasteiger partial charge in [0.1, 0.15) is 0 Å². The molecule has 4 N–H and O–H groups in total. The van der Waals surface area contributed by atoms with E-state index in [-0.39, 0.29) is 0 Å². The van der Waals surface area contributed by atoms with E-state index >= 15 is 0 Å². The minimum absolute atomic E-state index is 0.445. The van der Waals surface area contributed by atoms with Crippen molar-refractivity contribution in [3.63, 3.8) is 0 Å². The third kappa shape index (κ3) is 3.51. The summed E-state index contributed by atoms with van der Waals surface area (Å²) in [5.41, 5.74) is -4.22. The zero-order valence-electron chi connectivity index (χ0n) is 17.0. The third-order valence-electron chi connectivity index (χ3n) is 5.51. The van der Waals surface area contributed by atoms with Crippen LogP contribution in [0.2, 0.25) is 0 Å². The fraction of sp³-hybridized carbons (Fsp3) is 0.143. The summed E-state index contributed by atoms with van der Waals surface area (Å²) in [6.07, 6.45) is 26.6. The van der Waals surface area contributed by atoms with E-state index in [1.807, 2.05) is 0 Å². The molecule has 2 aliphatic carbocycles. The molecule has 4 heteroatoms. The summed E-state index contributed by atoms with van der Waals surface area (Å²) in [7, 11) is 0. The van der Waals surface area contributed by atoms with E-state index in [9.17, 15) is 20.4 Å². The van der Waals surface area contributed by atoms with Crippen molar-refractivity contribution >= 4 is 0 Å². The Balaban J connectivity index is 0.000000181. The van der Waals surface area contributed by atoms with Crippen LogP contribution in [-0.4, -0.2) is 20.4 Å². The zero-order valence-corrected chi connectivity index (χ0v) is 17.0. The van der Waals surface area contributed by atoms with Crippen LogP contribution in [0.3, 0.4) is 0 Å². The zero-order chi connectivity index (χ0) is 23.6. The van der Waals surface area contributed by atoms with Gasteiger partial charge in [-0.2, -0.15) is 0 Å². The van der Waals surface area contributed by atoms with E-state index in [0.29, 0.717) is 22.3 Å². The Hall–Kier alpha value is -4.00. The van der Waals surface area contributed by atoms with E-state index in [0.717, 1.165) is 0 Å². The predicted octanol–water partition coefficient (Wildman–Crippen LogP) is 1.80. The highest BCUT2D eigenvalue weighted by Gasteiger charge is 2.39. The Bertz CT molecular complexity index is 1090. The largest absolute Gasteiger partial charge is 0.370 e. The summed E-state index contributed by atoms with van der Waals surface area (Å²) in [6, 6.07) is 13.5. The Morgan fingerprint density at radius 2 is 0.625 bits per heavy atom. The van der Waals surface area contributed by atoms with Crippen molar-refractivity contribution in [1.29, 1.82) is 0 Å². The Morgan fingerprint density at radius 1 is 0.438 bits per heavy atom. The van der Waals surface area contributed by atoms with E-state index in [4.69, 9.17) is 25.7 Å². The monoisotopic (exact) mass is 420 g/mol. The van der Waals surface area contributed by atoms with Gasteiger partial charge < -0.3 is 20.4 Å². The molecule has 2 aliphatic rings. The highest BCUT2D eigenvalue weighted by atomic mass is 16.3. The molecule has 4 rings (SSSR count). The lowest BCUT2D eigenvalue weighted by Crippen LogP contribution is -2.34. The summed E-state index contributed by atoms with van der Waals surface area (Å²) < 4.78 is 0. The topological polar surface area (TPSA) is 80.9 Å². The Morgan fingerprint density at radius 3 is 0.781 bits per heavy atom. The Labute approximate surface area is 187 Å². The number of rotatable bonds is 0. The van der Waals surface area contributed by atoms with E-state index < -0.39 is 22.4 Å². The van der Waals surface area contributed by atoms with Gasteiger partial charge in [-0.15, -0.1) is 25.7 Å². The van der Waals surface area contributed by atoms with Crippen molar-refractivity contribution in [2.75, 3.05) is 0 Å². The molecule has 0 fully saturated rings. The number of hydrogen-bond acceptors (Lipinski definition) is 4. The van der Waals surface area contributed by atoms with Crippen LogP contribution >= 0.6 is 0 Å². The third-order valence-corrected chi connectivity index (χ3v) is 5.51. The molecule has 0 unspecified atom stereocenters. The fourth-order valence-corrected chi connectivity index (χ4v) is 3.64. The van der Waals surface area contributed by atoms with Gasteiger partial charge in [0.15, 0.2) is 22.4 Å². The van der Waals surface area contributed by atoms with Crippen molar-refractivity contribution in [2.24, 2.45) is 0 Å². The first-order valence-corrected chi connectivity index (χ1v) is 9.53. The molecule has 0 radical (unpaired) electrons. The molecule has 0 amide bonds. The SMILES string of the molecule is C#C[C@@]1(O)C=C[C@](O)(C#C)c2ccccc21.C#C[C@]1(O)C=C[C@@](O)(C#C)c2ccccc21. The van der Waals surface area contributed by atoms with Crippen LogP contribution in [0.4, 0.5) is 0 Å². The quantitative estimate of drug-likeness (QED) is 0.387. The van der Waals surface area contributed by atoms with Gasteiger partial charge in [-0.3, -0.25) is 0 Å². The van der Waals surface area contributed by atoms with Crippen molar-refractivity contribution in [3.8, 4) is 49.4 Å². The average Bonchev–Trinajstić information content (AvgIpc) is 2.85. The molecule has 4 atom stereocenters. The van der Waals surface area contributed by atoms with Crippen molar-refractivity contribution in [3.05, 3.63) is 95.1 Å². The molecule has 0 saturated carbocycles. The van der Waals surface area contributed by atoms with Crippen LogP contribution in [0.15, 0.2) is 72.8 Å². The van der Waals surface area contributed by atoms with Gasteiger partial charge in [0, 0.05) is 22.3 Å². The number of benzene rings is 2. The van der Waals surface area contributed by atoms with Crippen LogP contribution < -0.4 is 0 Å². The number of terminal acetylenes is 4. The van der Waals surface area contributed by atoms with Crippen LogP contribution in [0.1, 0.15) is 22.3 Å². The lowest BCUT2D eigenvalue weighted by Gasteiger charge is -2.32. The van der Waals surface area contributed by atoms with Crippen molar-refractivity contribution in [2.45, 2.75) is 22.4 Å². The normalized spacial score (nSPS) is 31.2. The van der Waals surface area contributed by atoms with Crippen molar-refractivity contribution in [1.82, 2.24) is 0 Å². The van der Waals surface area contributed by atoms with E-state index in [1.54, 1.807) is 48.5 Å². The predicted molar refractivity (Wildman–Crippen MR) is 122 cm³/mol. The average molecular weight is 420 g/mol. The molecular weight excluding hydrogens is 400 g/mol. The van der Waals surface area contributed by atoms with Gasteiger partial charge in [0.25, 0.3) is 0 Å². The molecule has 0 bridgehead atoms. The van der Waals surface area contributed by atoms with Crippen LogP contribution in [0, 0.1) is 49.4 Å². The fourth-order valence-electron chi connectivity index (χ4n) is 3.64. The molecule has 0 saturated heterocycles. The molecule has 0 aliphatic heterocycles. The summed E-state index contributed by atoms with van der Waals surface area (Å²) >= 11 is 0. The first-order valence-electron chi connectivity index (χ1n) is 9.53. The van der Waals surface area contributed by atoms with Crippen LogP contribution in [0.5, 0.6) is 0 Å². The minimum atomic E-state index is -1.50. The number of hydrogen-bond donors (Lipinski definition) is 4. The summed E-state index contributed by atoms with van der Waals surface area (Å²) in [4.78, 5) is 0. The summed E-state index contributed by atoms with van der Waals surface area (Å²) in [5, 5.41) is 40.6. The molecule has 156 valence electrons. The smallest absolute Gasteiger partial charge is 0.170 e. The van der Waals surface area contributed by atoms with Gasteiger partial charge in [-0.1, -0.05) is 72.2 Å². The van der Waals surface area contributed by atoms with Gasteiger partial charge in [-0.05, 0) is 24.3 Å². The minimum Gasteiger partial charge on any atom is -0.370 e.